The van der Waals surface area contributed by atoms with Gasteiger partial charge in [-0.05, 0) is 35.2 Å². The molecule has 0 saturated carbocycles. The first-order valence-electron chi connectivity index (χ1n) is 7.25. The second-order valence-corrected chi connectivity index (χ2v) is 6.35. The molecule has 1 aliphatic rings. The third-order valence-corrected chi connectivity index (χ3v) is 5.14. The van der Waals surface area contributed by atoms with Crippen LogP contribution in [0.5, 0.6) is 0 Å². The smallest absolute Gasteiger partial charge is 0.163 e. The second kappa shape index (κ2) is 6.59. The Labute approximate surface area is 141 Å². The van der Waals surface area contributed by atoms with Crippen molar-refractivity contribution >= 4 is 23.2 Å². The van der Waals surface area contributed by atoms with Crippen LogP contribution in [-0.2, 0) is 9.47 Å². The molecule has 1 unspecified atom stereocenters. The van der Waals surface area contributed by atoms with Crippen LogP contribution in [0.15, 0.2) is 42.5 Å². The zero-order valence-electron chi connectivity index (χ0n) is 12.6. The first-order chi connectivity index (χ1) is 10.7. The molecule has 0 spiro atoms. The lowest BCUT2D eigenvalue weighted by Gasteiger charge is -2.21. The SMILES string of the molecule is COC(OC)C1C[C@@H](c2ccc(Cl)c(Cl)c2)c2ccccc21. The van der Waals surface area contributed by atoms with Gasteiger partial charge in [0.05, 0.1) is 10.0 Å². The van der Waals surface area contributed by atoms with Crippen LogP contribution in [0.2, 0.25) is 10.0 Å². The highest BCUT2D eigenvalue weighted by atomic mass is 35.5. The Bertz CT molecular complexity index is 668. The van der Waals surface area contributed by atoms with Crippen molar-refractivity contribution < 1.29 is 9.47 Å². The fraction of sp³-hybridized carbons (Fsp3) is 0.333. The van der Waals surface area contributed by atoms with E-state index < -0.39 is 0 Å². The van der Waals surface area contributed by atoms with Gasteiger partial charge in [0, 0.05) is 26.1 Å². The Balaban J connectivity index is 2.02. The van der Waals surface area contributed by atoms with Crippen LogP contribution in [0.3, 0.4) is 0 Å². The average Bonchev–Trinajstić information content (AvgIpc) is 2.91. The zero-order chi connectivity index (χ0) is 15.7. The van der Waals surface area contributed by atoms with Crippen LogP contribution in [0.4, 0.5) is 0 Å². The van der Waals surface area contributed by atoms with Crippen molar-refractivity contribution in [3.63, 3.8) is 0 Å². The van der Waals surface area contributed by atoms with E-state index >= 15 is 0 Å². The molecule has 0 fully saturated rings. The molecular formula is C18H18Cl2O2. The van der Waals surface area contributed by atoms with Crippen LogP contribution in [-0.4, -0.2) is 20.5 Å². The van der Waals surface area contributed by atoms with Crippen LogP contribution in [0, 0.1) is 0 Å². The number of rotatable bonds is 4. The maximum atomic E-state index is 6.19. The highest BCUT2D eigenvalue weighted by molar-refractivity contribution is 6.42. The van der Waals surface area contributed by atoms with Crippen molar-refractivity contribution in [3.8, 4) is 0 Å². The Kier molecular flexibility index (Phi) is 4.74. The Morgan fingerprint density at radius 1 is 0.955 bits per heavy atom. The van der Waals surface area contributed by atoms with Crippen molar-refractivity contribution in [3.05, 3.63) is 69.2 Å². The molecule has 2 nitrogen and oxygen atoms in total. The molecule has 0 N–H and O–H groups in total. The summed E-state index contributed by atoms with van der Waals surface area (Å²) in [4.78, 5) is 0. The normalized spacial score (nSPS) is 20.4. The summed E-state index contributed by atoms with van der Waals surface area (Å²) < 4.78 is 11.0. The van der Waals surface area contributed by atoms with Crippen molar-refractivity contribution in [2.24, 2.45) is 0 Å². The molecule has 3 rings (SSSR count). The van der Waals surface area contributed by atoms with Gasteiger partial charge in [-0.1, -0.05) is 53.5 Å². The monoisotopic (exact) mass is 336 g/mol. The molecule has 0 aliphatic heterocycles. The predicted molar refractivity (Wildman–Crippen MR) is 89.9 cm³/mol. The molecule has 0 heterocycles. The maximum Gasteiger partial charge on any atom is 0.163 e. The van der Waals surface area contributed by atoms with E-state index in [2.05, 4.69) is 24.3 Å². The first kappa shape index (κ1) is 15.8. The van der Waals surface area contributed by atoms with Gasteiger partial charge >= 0.3 is 0 Å². The number of halogens is 2. The van der Waals surface area contributed by atoms with Crippen molar-refractivity contribution in [2.75, 3.05) is 14.2 Å². The Morgan fingerprint density at radius 2 is 1.64 bits per heavy atom. The van der Waals surface area contributed by atoms with Gasteiger partial charge in [-0.2, -0.15) is 0 Å². The topological polar surface area (TPSA) is 18.5 Å². The molecule has 2 aromatic rings. The van der Waals surface area contributed by atoms with Gasteiger partial charge in [0.25, 0.3) is 0 Å². The van der Waals surface area contributed by atoms with E-state index in [0.29, 0.717) is 10.0 Å². The summed E-state index contributed by atoms with van der Waals surface area (Å²) in [5.74, 6) is 0.495. The quantitative estimate of drug-likeness (QED) is 0.711. The summed E-state index contributed by atoms with van der Waals surface area (Å²) in [5, 5.41) is 1.18. The highest BCUT2D eigenvalue weighted by Crippen LogP contribution is 2.47. The van der Waals surface area contributed by atoms with Crippen molar-refractivity contribution in [1.29, 1.82) is 0 Å². The molecule has 22 heavy (non-hydrogen) atoms. The van der Waals surface area contributed by atoms with Crippen molar-refractivity contribution in [1.82, 2.24) is 0 Å². The maximum absolute atomic E-state index is 6.19. The van der Waals surface area contributed by atoms with E-state index in [4.69, 9.17) is 32.7 Å². The van der Waals surface area contributed by atoms with E-state index in [-0.39, 0.29) is 18.1 Å². The lowest BCUT2D eigenvalue weighted by molar-refractivity contribution is -0.118. The van der Waals surface area contributed by atoms with E-state index in [1.54, 1.807) is 14.2 Å². The van der Waals surface area contributed by atoms with Crippen LogP contribution in [0.25, 0.3) is 0 Å². The molecule has 2 atom stereocenters. The van der Waals surface area contributed by atoms with Crippen LogP contribution in [0.1, 0.15) is 34.9 Å². The summed E-state index contributed by atoms with van der Waals surface area (Å²) in [5.41, 5.74) is 3.77. The molecule has 0 bridgehead atoms. The second-order valence-electron chi connectivity index (χ2n) is 5.54. The standard InChI is InChI=1S/C18H18Cl2O2/c1-21-18(22-2)15-10-14(12-5-3-4-6-13(12)15)11-7-8-16(19)17(20)9-11/h3-9,14-15,18H,10H2,1-2H3/t14-,15?/m0/s1. The van der Waals surface area contributed by atoms with E-state index in [0.717, 1.165) is 6.42 Å². The zero-order valence-corrected chi connectivity index (χ0v) is 14.1. The van der Waals surface area contributed by atoms with Gasteiger partial charge in [-0.3, -0.25) is 0 Å². The minimum absolute atomic E-state index is 0.214. The predicted octanol–water partition coefficient (Wildman–Crippen LogP) is 5.23. The largest absolute Gasteiger partial charge is 0.355 e. The van der Waals surface area contributed by atoms with E-state index in [9.17, 15) is 0 Å². The van der Waals surface area contributed by atoms with Gasteiger partial charge in [0.1, 0.15) is 0 Å². The molecule has 0 amide bonds. The van der Waals surface area contributed by atoms with Gasteiger partial charge in [-0.15, -0.1) is 0 Å². The molecule has 116 valence electrons. The average molecular weight is 337 g/mol. The van der Waals surface area contributed by atoms with Crippen LogP contribution < -0.4 is 0 Å². The molecule has 0 aromatic heterocycles. The molecule has 0 radical (unpaired) electrons. The Morgan fingerprint density at radius 3 is 2.27 bits per heavy atom. The number of hydrogen-bond donors (Lipinski definition) is 0. The number of fused-ring (bicyclic) bond motifs is 1. The fourth-order valence-electron chi connectivity index (χ4n) is 3.40. The molecule has 4 heteroatoms. The lowest BCUT2D eigenvalue weighted by Crippen LogP contribution is -2.21. The highest BCUT2D eigenvalue weighted by Gasteiger charge is 2.36. The third-order valence-electron chi connectivity index (χ3n) is 4.40. The first-order valence-corrected chi connectivity index (χ1v) is 8.00. The number of benzene rings is 2. The summed E-state index contributed by atoms with van der Waals surface area (Å²) >= 11 is 12.2. The Hall–Kier alpha value is -1.06. The van der Waals surface area contributed by atoms with Crippen LogP contribution >= 0.6 is 23.2 Å². The van der Waals surface area contributed by atoms with Gasteiger partial charge in [-0.25, -0.2) is 0 Å². The van der Waals surface area contributed by atoms with E-state index in [1.807, 2.05) is 18.2 Å². The minimum atomic E-state index is -0.242. The van der Waals surface area contributed by atoms with Crippen molar-refractivity contribution in [2.45, 2.75) is 24.5 Å². The fourth-order valence-corrected chi connectivity index (χ4v) is 3.71. The number of ether oxygens (including phenoxy) is 2. The van der Waals surface area contributed by atoms with Gasteiger partial charge < -0.3 is 9.47 Å². The summed E-state index contributed by atoms with van der Waals surface area (Å²) in [6, 6.07) is 14.3. The summed E-state index contributed by atoms with van der Waals surface area (Å²) in [6.45, 7) is 0. The van der Waals surface area contributed by atoms with E-state index in [1.165, 1.54) is 16.7 Å². The minimum Gasteiger partial charge on any atom is -0.355 e. The summed E-state index contributed by atoms with van der Waals surface area (Å²) in [7, 11) is 3.37. The molecule has 2 aromatic carbocycles. The molecule has 0 saturated heterocycles. The third kappa shape index (κ3) is 2.77. The van der Waals surface area contributed by atoms with Gasteiger partial charge in [0.15, 0.2) is 6.29 Å². The van der Waals surface area contributed by atoms with Gasteiger partial charge in [0.2, 0.25) is 0 Å². The number of hydrogen-bond acceptors (Lipinski definition) is 2. The molecular weight excluding hydrogens is 319 g/mol. The summed E-state index contributed by atoms with van der Waals surface area (Å²) in [6.07, 6.45) is 0.692. The number of methoxy groups -OCH3 is 2. The lowest BCUT2D eigenvalue weighted by atomic mass is 9.92. The molecule has 1 aliphatic carbocycles.